The highest BCUT2D eigenvalue weighted by atomic mass is 32.2. The monoisotopic (exact) mass is 596 g/mol. The number of hydrogen-bond acceptors (Lipinski definition) is 13. The molecule has 0 bridgehead atoms. The molecule has 210 valence electrons. The number of hydrogen-bond donors (Lipinski definition) is 1. The zero-order valence-electron chi connectivity index (χ0n) is 21.1. The van der Waals surface area contributed by atoms with Crippen molar-refractivity contribution in [3.8, 4) is 0 Å². The van der Waals surface area contributed by atoms with E-state index in [-0.39, 0.29) is 29.0 Å². The van der Waals surface area contributed by atoms with E-state index < -0.39 is 58.6 Å². The highest BCUT2D eigenvalue weighted by molar-refractivity contribution is 8.01. The summed E-state index contributed by atoms with van der Waals surface area (Å²) >= 11 is 2.52. The average molecular weight is 597 g/mol. The van der Waals surface area contributed by atoms with Gasteiger partial charge < -0.3 is 19.5 Å². The number of nitrogens with one attached hydrogen (secondary N) is 1. The lowest BCUT2D eigenvalue weighted by atomic mass is 9.98. The standard InChI is InChI=1S/C20H26F2N6O7S3/c1-19(2,3)16(32)35-9-34-13(30)12-10(7-38-18-24-25-26-27(18)4)6-36-15-20(33-5,14(31)28(12)15)23-11(29)8-37-17(21)22/h15,17H,6-9H2,1-5H3,(H,23,29). The van der Waals surface area contributed by atoms with Gasteiger partial charge in [0.05, 0.1) is 11.2 Å². The number of fused-ring (bicyclic) bond motifs is 1. The Hall–Kier alpha value is -2.44. The largest absolute Gasteiger partial charge is 0.427 e. The molecule has 0 aromatic carbocycles. The maximum Gasteiger partial charge on any atom is 0.357 e. The van der Waals surface area contributed by atoms with E-state index in [1.165, 1.54) is 35.3 Å². The lowest BCUT2D eigenvalue weighted by molar-refractivity contribution is -0.194. The number of esters is 2. The Labute approximate surface area is 229 Å². The third kappa shape index (κ3) is 6.40. The van der Waals surface area contributed by atoms with Gasteiger partial charge >= 0.3 is 11.9 Å². The first kappa shape index (κ1) is 30.1. The second-order valence-electron chi connectivity index (χ2n) is 8.96. The van der Waals surface area contributed by atoms with Crippen LogP contribution in [-0.2, 0) is 40.4 Å². The number of thioether (sulfide) groups is 3. The van der Waals surface area contributed by atoms with E-state index in [9.17, 15) is 28.0 Å². The summed E-state index contributed by atoms with van der Waals surface area (Å²) in [4.78, 5) is 51.9. The minimum atomic E-state index is -2.77. The SMILES string of the molecule is COC1(NC(=O)CSC(F)F)C(=O)N2C(C(=O)OCOC(=O)C(C)(C)C)=C(CSc3nnnn3C)CSC21. The summed E-state index contributed by atoms with van der Waals surface area (Å²) in [5.74, 6) is -6.06. The predicted molar refractivity (Wildman–Crippen MR) is 132 cm³/mol. The van der Waals surface area contributed by atoms with Gasteiger partial charge in [-0.25, -0.2) is 9.48 Å². The Morgan fingerprint density at radius 2 is 2.00 bits per heavy atom. The van der Waals surface area contributed by atoms with Crippen LogP contribution in [0, 0.1) is 5.41 Å². The molecule has 1 fully saturated rings. The molecular weight excluding hydrogens is 570 g/mol. The second-order valence-corrected chi connectivity index (χ2v) is 11.9. The van der Waals surface area contributed by atoms with Crippen LogP contribution in [0.3, 0.4) is 0 Å². The van der Waals surface area contributed by atoms with Gasteiger partial charge in [0.2, 0.25) is 17.9 Å². The number of nitrogens with zero attached hydrogens (tertiary/aromatic N) is 5. The molecule has 18 heteroatoms. The van der Waals surface area contributed by atoms with Crippen molar-refractivity contribution < 1.29 is 42.2 Å². The molecule has 2 atom stereocenters. The van der Waals surface area contributed by atoms with E-state index >= 15 is 0 Å². The number of rotatable bonds is 11. The van der Waals surface area contributed by atoms with Crippen molar-refractivity contribution in [3.63, 3.8) is 0 Å². The molecule has 3 rings (SSSR count). The minimum absolute atomic E-state index is 0.0999. The smallest absolute Gasteiger partial charge is 0.357 e. The summed E-state index contributed by atoms with van der Waals surface area (Å²) in [6.45, 7) is 4.23. The number of amides is 2. The highest BCUT2D eigenvalue weighted by Gasteiger charge is 2.66. The van der Waals surface area contributed by atoms with Gasteiger partial charge in [0.25, 0.3) is 17.4 Å². The van der Waals surface area contributed by atoms with Crippen LogP contribution in [0.2, 0.25) is 0 Å². The van der Waals surface area contributed by atoms with Crippen LogP contribution in [0.1, 0.15) is 20.8 Å². The summed E-state index contributed by atoms with van der Waals surface area (Å²) in [5, 5.41) is 13.2. The van der Waals surface area contributed by atoms with Crippen molar-refractivity contribution in [1.29, 1.82) is 0 Å². The fraction of sp³-hybridized carbons (Fsp3) is 0.650. The van der Waals surface area contributed by atoms with Gasteiger partial charge in [-0.1, -0.05) is 23.5 Å². The molecule has 38 heavy (non-hydrogen) atoms. The normalized spacial score (nSPS) is 21.2. The Kier molecular flexibility index (Phi) is 9.64. The van der Waals surface area contributed by atoms with Crippen molar-refractivity contribution in [2.24, 2.45) is 12.5 Å². The van der Waals surface area contributed by atoms with E-state index in [2.05, 4.69) is 20.8 Å². The zero-order chi connectivity index (χ0) is 28.3. The average Bonchev–Trinajstić information content (AvgIpc) is 3.27. The fourth-order valence-corrected chi connectivity index (χ4v) is 6.12. The maximum absolute atomic E-state index is 13.3. The van der Waals surface area contributed by atoms with Gasteiger partial charge in [-0.3, -0.25) is 19.3 Å². The van der Waals surface area contributed by atoms with E-state index in [1.807, 2.05) is 0 Å². The molecule has 1 aromatic rings. The molecule has 13 nitrogen and oxygen atoms in total. The third-order valence-corrected chi connectivity index (χ3v) is 8.39. The number of alkyl halides is 2. The lowest BCUT2D eigenvalue weighted by Crippen LogP contribution is -2.80. The van der Waals surface area contributed by atoms with E-state index in [4.69, 9.17) is 14.2 Å². The molecule has 2 unspecified atom stereocenters. The molecule has 0 aliphatic carbocycles. The van der Waals surface area contributed by atoms with Crippen molar-refractivity contribution in [2.45, 2.75) is 42.8 Å². The Morgan fingerprint density at radius 1 is 1.29 bits per heavy atom. The number of ether oxygens (including phenoxy) is 3. The summed E-state index contributed by atoms with van der Waals surface area (Å²) in [6.07, 6.45) is 0. The van der Waals surface area contributed by atoms with Crippen LogP contribution >= 0.6 is 35.3 Å². The van der Waals surface area contributed by atoms with Crippen molar-refractivity contribution in [2.75, 3.05) is 31.2 Å². The van der Waals surface area contributed by atoms with Crippen molar-refractivity contribution in [3.05, 3.63) is 11.3 Å². The van der Waals surface area contributed by atoms with Crippen molar-refractivity contribution in [1.82, 2.24) is 30.4 Å². The number of carbonyl (C=O) groups is 4. The molecule has 0 spiro atoms. The summed E-state index contributed by atoms with van der Waals surface area (Å²) in [7, 11) is 2.83. The van der Waals surface area contributed by atoms with Crippen LogP contribution in [0.15, 0.2) is 16.4 Å². The maximum atomic E-state index is 13.3. The van der Waals surface area contributed by atoms with E-state index in [0.717, 1.165) is 4.90 Å². The predicted octanol–water partition coefficient (Wildman–Crippen LogP) is 0.976. The number of methoxy groups -OCH3 is 1. The summed E-state index contributed by atoms with van der Waals surface area (Å²) in [6, 6.07) is 0. The number of tetrazole rings is 1. The zero-order valence-corrected chi connectivity index (χ0v) is 23.5. The summed E-state index contributed by atoms with van der Waals surface area (Å²) in [5.41, 5.74) is -2.28. The van der Waals surface area contributed by atoms with Crippen LogP contribution in [-0.4, -0.2) is 96.9 Å². The molecule has 1 aromatic heterocycles. The number of aryl methyl sites for hydroxylation is 1. The van der Waals surface area contributed by atoms with Crippen LogP contribution < -0.4 is 5.32 Å². The molecular formula is C20H26F2N6O7S3. The molecule has 2 aliphatic rings. The molecule has 2 aliphatic heterocycles. The molecule has 1 N–H and O–H groups in total. The van der Waals surface area contributed by atoms with E-state index in [0.29, 0.717) is 10.7 Å². The first-order valence-corrected chi connectivity index (χ1v) is 14.0. The van der Waals surface area contributed by atoms with Gasteiger partial charge in [0.1, 0.15) is 11.1 Å². The first-order valence-electron chi connectivity index (χ1n) is 10.9. The Balaban J connectivity index is 1.82. The molecule has 0 saturated carbocycles. The Morgan fingerprint density at radius 3 is 2.58 bits per heavy atom. The second kappa shape index (κ2) is 12.2. The number of carbonyl (C=O) groups excluding carboxylic acids is 4. The molecule has 0 radical (unpaired) electrons. The fourth-order valence-electron chi connectivity index (χ4n) is 3.34. The highest BCUT2D eigenvalue weighted by Crippen LogP contribution is 2.47. The van der Waals surface area contributed by atoms with Gasteiger partial charge in [0.15, 0.2) is 0 Å². The van der Waals surface area contributed by atoms with Crippen LogP contribution in [0.25, 0.3) is 0 Å². The molecule has 3 heterocycles. The third-order valence-electron chi connectivity index (χ3n) is 5.24. The quantitative estimate of drug-likeness (QED) is 0.167. The topological polar surface area (TPSA) is 155 Å². The number of halogens is 2. The van der Waals surface area contributed by atoms with Gasteiger partial charge in [-0.15, -0.1) is 16.9 Å². The molecule has 2 amide bonds. The van der Waals surface area contributed by atoms with E-state index in [1.54, 1.807) is 27.8 Å². The first-order chi connectivity index (χ1) is 17.8. The van der Waals surface area contributed by atoms with Gasteiger partial charge in [-0.2, -0.15) is 8.78 Å². The Bertz CT molecular complexity index is 1130. The van der Waals surface area contributed by atoms with Gasteiger partial charge in [-0.05, 0) is 36.8 Å². The number of aromatic nitrogens is 4. The minimum Gasteiger partial charge on any atom is -0.427 e. The lowest BCUT2D eigenvalue weighted by Gasteiger charge is -2.56. The van der Waals surface area contributed by atoms with Crippen LogP contribution in [0.5, 0.6) is 0 Å². The molecule has 1 saturated heterocycles. The van der Waals surface area contributed by atoms with Crippen LogP contribution in [0.4, 0.5) is 8.78 Å². The summed E-state index contributed by atoms with van der Waals surface area (Å²) < 4.78 is 42.0. The van der Waals surface area contributed by atoms with Crippen molar-refractivity contribution >= 4 is 59.0 Å². The number of β-lactam (4-membered cyclic amide) rings is 1. The van der Waals surface area contributed by atoms with Gasteiger partial charge in [0, 0.05) is 25.7 Å².